The second kappa shape index (κ2) is 8.49. The Morgan fingerprint density at radius 3 is 2.55 bits per heavy atom. The summed E-state index contributed by atoms with van der Waals surface area (Å²) < 4.78 is 5.47. The quantitative estimate of drug-likeness (QED) is 0.334. The molecule has 0 aliphatic rings. The summed E-state index contributed by atoms with van der Waals surface area (Å²) in [5.74, 6) is 1.19. The fraction of sp³-hybridized carbons (Fsp3) is 0.174. The van der Waals surface area contributed by atoms with Crippen LogP contribution in [0.5, 0.6) is 0 Å². The lowest BCUT2D eigenvalue weighted by Crippen LogP contribution is -2.32. The number of para-hydroxylation sites is 1. The topological polar surface area (TPSA) is 59.2 Å². The van der Waals surface area contributed by atoms with Crippen molar-refractivity contribution in [2.24, 2.45) is 0 Å². The number of nitrogens with zero attached hydrogens (tertiary/aromatic N) is 3. The molecule has 2 aromatic carbocycles. The van der Waals surface area contributed by atoms with E-state index in [0.29, 0.717) is 18.1 Å². The lowest BCUT2D eigenvalue weighted by Gasteiger charge is -2.21. The van der Waals surface area contributed by atoms with Crippen molar-refractivity contribution in [3.8, 4) is 11.6 Å². The van der Waals surface area contributed by atoms with Crippen molar-refractivity contribution < 1.29 is 9.21 Å². The standard InChI is InChI=1S/C23H21N3O2S/c1-16(23(27)26(2)15-17-9-4-3-5-10-17)29-22-18-11-6-7-12-19(18)24-21(25-22)20-13-8-14-28-20/h3-14,16H,15H2,1-2H3. The molecule has 2 aromatic heterocycles. The van der Waals surface area contributed by atoms with Crippen LogP contribution in [0.25, 0.3) is 22.5 Å². The Balaban J connectivity index is 1.58. The summed E-state index contributed by atoms with van der Waals surface area (Å²) in [6, 6.07) is 21.4. The third kappa shape index (κ3) is 4.32. The Labute approximate surface area is 173 Å². The Hall–Kier alpha value is -3.12. The van der Waals surface area contributed by atoms with Crippen LogP contribution < -0.4 is 0 Å². The lowest BCUT2D eigenvalue weighted by molar-refractivity contribution is -0.129. The minimum absolute atomic E-state index is 0.0566. The Bertz CT molecular complexity index is 1110. The van der Waals surface area contributed by atoms with Crippen LogP contribution in [0, 0.1) is 0 Å². The number of furan rings is 1. The molecule has 2 heterocycles. The van der Waals surface area contributed by atoms with Crippen LogP contribution in [0.2, 0.25) is 0 Å². The molecule has 0 bridgehead atoms. The van der Waals surface area contributed by atoms with E-state index >= 15 is 0 Å². The van der Waals surface area contributed by atoms with E-state index in [4.69, 9.17) is 9.40 Å². The summed E-state index contributed by atoms with van der Waals surface area (Å²) in [6.45, 7) is 2.49. The van der Waals surface area contributed by atoms with Crippen molar-refractivity contribution >= 4 is 28.6 Å². The first kappa shape index (κ1) is 19.2. The lowest BCUT2D eigenvalue weighted by atomic mass is 10.2. The molecule has 4 rings (SSSR count). The highest BCUT2D eigenvalue weighted by Crippen LogP contribution is 2.31. The molecule has 5 nitrogen and oxygen atoms in total. The SMILES string of the molecule is CC(Sc1nc(-c2ccco2)nc2ccccc12)C(=O)N(C)Cc1ccccc1. The van der Waals surface area contributed by atoms with Gasteiger partial charge in [-0.15, -0.1) is 0 Å². The average Bonchev–Trinajstić information content (AvgIpc) is 3.28. The molecule has 0 radical (unpaired) electrons. The van der Waals surface area contributed by atoms with E-state index in [1.807, 2.05) is 80.7 Å². The van der Waals surface area contributed by atoms with E-state index in [9.17, 15) is 4.79 Å². The molecule has 29 heavy (non-hydrogen) atoms. The van der Waals surface area contributed by atoms with Crippen molar-refractivity contribution in [3.05, 3.63) is 78.6 Å². The van der Waals surface area contributed by atoms with Crippen molar-refractivity contribution in [1.29, 1.82) is 0 Å². The van der Waals surface area contributed by atoms with Crippen molar-refractivity contribution in [1.82, 2.24) is 14.9 Å². The van der Waals surface area contributed by atoms with E-state index in [0.717, 1.165) is 21.5 Å². The first-order chi connectivity index (χ1) is 14.1. The Morgan fingerprint density at radius 2 is 1.79 bits per heavy atom. The van der Waals surface area contributed by atoms with E-state index in [1.54, 1.807) is 11.2 Å². The Kier molecular flexibility index (Phi) is 5.62. The van der Waals surface area contributed by atoms with Crippen LogP contribution in [-0.4, -0.2) is 33.1 Å². The predicted octanol–water partition coefficient (Wildman–Crippen LogP) is 5.03. The molecule has 1 unspecified atom stereocenters. The first-order valence-corrected chi connectivity index (χ1v) is 10.3. The van der Waals surface area contributed by atoms with Crippen LogP contribution >= 0.6 is 11.8 Å². The van der Waals surface area contributed by atoms with Crippen molar-refractivity contribution in [2.75, 3.05) is 7.05 Å². The zero-order chi connectivity index (χ0) is 20.2. The molecule has 0 aliphatic heterocycles. The normalized spacial score (nSPS) is 12.1. The van der Waals surface area contributed by atoms with Crippen LogP contribution in [0.3, 0.4) is 0 Å². The third-order valence-electron chi connectivity index (χ3n) is 4.58. The Morgan fingerprint density at radius 1 is 1.03 bits per heavy atom. The summed E-state index contributed by atoms with van der Waals surface area (Å²) in [4.78, 5) is 24.0. The number of carbonyl (C=O) groups is 1. The molecule has 0 spiro atoms. The van der Waals surface area contributed by atoms with Crippen LogP contribution in [0.15, 0.2) is 82.4 Å². The van der Waals surface area contributed by atoms with Gasteiger partial charge < -0.3 is 9.32 Å². The summed E-state index contributed by atoms with van der Waals surface area (Å²) in [5.41, 5.74) is 1.93. The van der Waals surface area contributed by atoms with Gasteiger partial charge in [-0.3, -0.25) is 4.79 Å². The molecule has 0 aliphatic carbocycles. The van der Waals surface area contributed by atoms with Crippen molar-refractivity contribution in [2.45, 2.75) is 23.7 Å². The number of fused-ring (bicyclic) bond motifs is 1. The average molecular weight is 404 g/mol. The molecule has 4 aromatic rings. The van der Waals surface area contributed by atoms with Gasteiger partial charge in [-0.2, -0.15) is 0 Å². The fourth-order valence-electron chi connectivity index (χ4n) is 3.12. The first-order valence-electron chi connectivity index (χ1n) is 9.38. The van der Waals surface area contributed by atoms with Gasteiger partial charge in [0.25, 0.3) is 0 Å². The number of hydrogen-bond donors (Lipinski definition) is 0. The summed E-state index contributed by atoms with van der Waals surface area (Å²) in [7, 11) is 1.83. The van der Waals surface area contributed by atoms with E-state index in [1.165, 1.54) is 11.8 Å². The maximum atomic E-state index is 12.9. The minimum Gasteiger partial charge on any atom is -0.461 e. The molecular formula is C23H21N3O2S. The van der Waals surface area contributed by atoms with Gasteiger partial charge in [0, 0.05) is 19.0 Å². The smallest absolute Gasteiger partial charge is 0.235 e. The second-order valence-electron chi connectivity index (χ2n) is 6.79. The zero-order valence-corrected chi connectivity index (χ0v) is 17.1. The molecule has 1 atom stereocenters. The predicted molar refractivity (Wildman–Crippen MR) is 115 cm³/mol. The number of hydrogen-bond acceptors (Lipinski definition) is 5. The highest BCUT2D eigenvalue weighted by Gasteiger charge is 2.21. The summed E-state index contributed by atoms with van der Waals surface area (Å²) in [5, 5.41) is 1.42. The van der Waals surface area contributed by atoms with Gasteiger partial charge in [0.2, 0.25) is 5.91 Å². The molecule has 0 N–H and O–H groups in total. The molecule has 1 amide bonds. The molecule has 146 valence electrons. The van der Waals surface area contributed by atoms with E-state index in [2.05, 4.69) is 4.98 Å². The highest BCUT2D eigenvalue weighted by molar-refractivity contribution is 8.00. The van der Waals surface area contributed by atoms with Crippen LogP contribution in [-0.2, 0) is 11.3 Å². The number of benzene rings is 2. The minimum atomic E-state index is -0.286. The maximum Gasteiger partial charge on any atom is 0.235 e. The van der Waals surface area contributed by atoms with E-state index < -0.39 is 0 Å². The zero-order valence-electron chi connectivity index (χ0n) is 16.3. The maximum absolute atomic E-state index is 12.9. The number of amides is 1. The molecule has 6 heteroatoms. The monoisotopic (exact) mass is 403 g/mol. The van der Waals surface area contributed by atoms with Gasteiger partial charge in [0.15, 0.2) is 11.6 Å². The molecular weight excluding hydrogens is 382 g/mol. The van der Waals surface area contributed by atoms with Gasteiger partial charge >= 0.3 is 0 Å². The summed E-state index contributed by atoms with van der Waals surface area (Å²) >= 11 is 1.45. The number of aromatic nitrogens is 2. The van der Waals surface area contributed by atoms with E-state index in [-0.39, 0.29) is 11.2 Å². The van der Waals surface area contributed by atoms with Gasteiger partial charge in [-0.25, -0.2) is 9.97 Å². The number of carbonyl (C=O) groups excluding carboxylic acids is 1. The number of thioether (sulfide) groups is 1. The van der Waals surface area contributed by atoms with Crippen LogP contribution in [0.4, 0.5) is 0 Å². The summed E-state index contributed by atoms with van der Waals surface area (Å²) in [6.07, 6.45) is 1.60. The molecule has 0 saturated heterocycles. The van der Waals surface area contributed by atoms with Crippen molar-refractivity contribution in [3.63, 3.8) is 0 Å². The largest absolute Gasteiger partial charge is 0.461 e. The second-order valence-corrected chi connectivity index (χ2v) is 8.12. The van der Waals surface area contributed by atoms with Gasteiger partial charge in [-0.1, -0.05) is 60.3 Å². The van der Waals surface area contributed by atoms with Gasteiger partial charge in [0.1, 0.15) is 5.03 Å². The fourth-order valence-corrected chi connectivity index (χ4v) is 4.17. The molecule has 0 fully saturated rings. The highest BCUT2D eigenvalue weighted by atomic mass is 32.2. The van der Waals surface area contributed by atoms with Crippen LogP contribution in [0.1, 0.15) is 12.5 Å². The molecule has 0 saturated carbocycles. The number of rotatable bonds is 6. The van der Waals surface area contributed by atoms with Gasteiger partial charge in [-0.05, 0) is 30.7 Å². The third-order valence-corrected chi connectivity index (χ3v) is 5.67. The van der Waals surface area contributed by atoms with Gasteiger partial charge in [0.05, 0.1) is 17.0 Å².